The van der Waals surface area contributed by atoms with E-state index in [1.807, 2.05) is 57.5 Å². The second-order valence-corrected chi connectivity index (χ2v) is 12.0. The molecule has 2 fully saturated rings. The molecule has 1 saturated heterocycles. The van der Waals surface area contributed by atoms with Crippen molar-refractivity contribution in [2.24, 2.45) is 5.41 Å². The van der Waals surface area contributed by atoms with Gasteiger partial charge in [0.1, 0.15) is 18.7 Å². The SMILES string of the molecule is Cc1ncsc1-c1ccc(CNC(=O)C2CCCN2C(=O)C(NC(=O)COC2CCC2)C(C)(C)C)cc1. The Kier molecular flexibility index (Phi) is 8.64. The summed E-state index contributed by atoms with van der Waals surface area (Å²) < 4.78 is 5.62. The predicted molar refractivity (Wildman–Crippen MR) is 144 cm³/mol. The van der Waals surface area contributed by atoms with Crippen LogP contribution in [0.4, 0.5) is 0 Å². The molecule has 8 nitrogen and oxygen atoms in total. The number of likely N-dealkylation sites (tertiary alicyclic amines) is 1. The van der Waals surface area contributed by atoms with Gasteiger partial charge >= 0.3 is 0 Å². The van der Waals surface area contributed by atoms with Gasteiger partial charge in [-0.05, 0) is 55.6 Å². The molecule has 0 spiro atoms. The number of amides is 3. The number of benzene rings is 1. The summed E-state index contributed by atoms with van der Waals surface area (Å²) in [6.07, 6.45) is 4.60. The fourth-order valence-electron chi connectivity index (χ4n) is 4.71. The third-order valence-corrected chi connectivity index (χ3v) is 8.17. The molecule has 1 aromatic carbocycles. The largest absolute Gasteiger partial charge is 0.368 e. The lowest BCUT2D eigenvalue weighted by Crippen LogP contribution is -2.58. The summed E-state index contributed by atoms with van der Waals surface area (Å²) >= 11 is 1.61. The molecule has 2 aromatic rings. The highest BCUT2D eigenvalue weighted by atomic mass is 32.1. The first-order valence-electron chi connectivity index (χ1n) is 13.1. The van der Waals surface area contributed by atoms with Crippen molar-refractivity contribution >= 4 is 29.1 Å². The van der Waals surface area contributed by atoms with Gasteiger partial charge in [0.15, 0.2) is 0 Å². The maximum absolute atomic E-state index is 13.6. The van der Waals surface area contributed by atoms with Gasteiger partial charge in [0.05, 0.1) is 22.2 Å². The van der Waals surface area contributed by atoms with E-state index in [4.69, 9.17) is 4.74 Å². The van der Waals surface area contributed by atoms with Crippen LogP contribution < -0.4 is 10.6 Å². The number of nitrogens with one attached hydrogen (secondary N) is 2. The number of aromatic nitrogens is 1. The van der Waals surface area contributed by atoms with E-state index in [9.17, 15) is 14.4 Å². The second-order valence-electron chi connectivity index (χ2n) is 11.1. The minimum absolute atomic E-state index is 0.0458. The van der Waals surface area contributed by atoms with Gasteiger partial charge in [-0.1, -0.05) is 45.0 Å². The van der Waals surface area contributed by atoms with Crippen LogP contribution in [0.3, 0.4) is 0 Å². The van der Waals surface area contributed by atoms with Gasteiger partial charge in [-0.25, -0.2) is 4.98 Å². The first-order chi connectivity index (χ1) is 17.6. The Labute approximate surface area is 223 Å². The highest BCUT2D eigenvalue weighted by molar-refractivity contribution is 7.13. The van der Waals surface area contributed by atoms with Crippen molar-refractivity contribution in [2.45, 2.75) is 84.5 Å². The summed E-state index contributed by atoms with van der Waals surface area (Å²) in [5, 5.41) is 5.89. The number of carbonyl (C=O) groups excluding carboxylic acids is 3. The zero-order chi connectivity index (χ0) is 26.6. The second kappa shape index (κ2) is 11.7. The third kappa shape index (κ3) is 6.76. The van der Waals surface area contributed by atoms with E-state index in [1.165, 1.54) is 0 Å². The van der Waals surface area contributed by atoms with Crippen LogP contribution >= 0.6 is 11.3 Å². The highest BCUT2D eigenvalue weighted by Crippen LogP contribution is 2.28. The van der Waals surface area contributed by atoms with Crippen molar-refractivity contribution in [3.8, 4) is 10.4 Å². The molecule has 200 valence electrons. The molecule has 0 bridgehead atoms. The molecule has 9 heteroatoms. The monoisotopic (exact) mass is 526 g/mol. The summed E-state index contributed by atoms with van der Waals surface area (Å²) in [4.78, 5) is 46.4. The Hall–Kier alpha value is -2.78. The lowest BCUT2D eigenvalue weighted by molar-refractivity contribution is -0.145. The van der Waals surface area contributed by atoms with E-state index in [0.29, 0.717) is 19.5 Å². The summed E-state index contributed by atoms with van der Waals surface area (Å²) in [7, 11) is 0. The van der Waals surface area contributed by atoms with Crippen LogP contribution in [-0.2, 0) is 25.7 Å². The lowest BCUT2D eigenvalue weighted by atomic mass is 9.85. The molecule has 1 aromatic heterocycles. The minimum atomic E-state index is -0.735. The number of ether oxygens (including phenoxy) is 1. The molecule has 2 atom stereocenters. The molecule has 2 heterocycles. The summed E-state index contributed by atoms with van der Waals surface area (Å²) in [5.74, 6) is -0.677. The van der Waals surface area contributed by atoms with E-state index in [-0.39, 0.29) is 30.4 Å². The smallest absolute Gasteiger partial charge is 0.246 e. The number of rotatable bonds is 9. The summed E-state index contributed by atoms with van der Waals surface area (Å²) in [5.41, 5.74) is 4.43. The normalized spacial score (nSPS) is 18.8. The first kappa shape index (κ1) is 27.3. The quantitative estimate of drug-likeness (QED) is 0.517. The maximum atomic E-state index is 13.6. The Balaban J connectivity index is 1.34. The number of thiazole rings is 1. The number of hydrogen-bond donors (Lipinski definition) is 2. The number of aryl methyl sites for hydroxylation is 1. The third-order valence-electron chi connectivity index (χ3n) is 7.19. The molecule has 2 aliphatic rings. The van der Waals surface area contributed by atoms with Crippen LogP contribution in [0, 0.1) is 12.3 Å². The number of carbonyl (C=O) groups is 3. The van der Waals surface area contributed by atoms with Crippen LogP contribution in [-0.4, -0.2) is 58.9 Å². The fraction of sp³-hybridized carbons (Fsp3) is 0.571. The van der Waals surface area contributed by atoms with Crippen molar-refractivity contribution in [3.05, 3.63) is 41.0 Å². The molecule has 2 unspecified atom stereocenters. The van der Waals surface area contributed by atoms with Crippen LogP contribution in [0.25, 0.3) is 10.4 Å². The van der Waals surface area contributed by atoms with Gasteiger partial charge in [-0.15, -0.1) is 11.3 Å². The van der Waals surface area contributed by atoms with Gasteiger partial charge in [0.2, 0.25) is 17.7 Å². The molecule has 37 heavy (non-hydrogen) atoms. The van der Waals surface area contributed by atoms with Gasteiger partial charge < -0.3 is 20.3 Å². The van der Waals surface area contributed by atoms with Crippen LogP contribution in [0.2, 0.25) is 0 Å². The van der Waals surface area contributed by atoms with Gasteiger partial charge in [-0.3, -0.25) is 14.4 Å². The standard InChI is InChI=1S/C28H38N4O4S/c1-18-24(37-17-30-18)20-12-10-19(11-13-20)15-29-26(34)22-9-6-14-32(22)27(35)25(28(2,3)4)31-23(33)16-36-21-7-5-8-21/h10-13,17,21-22,25H,5-9,14-16H2,1-4H3,(H,29,34)(H,31,33). The van der Waals surface area contributed by atoms with E-state index >= 15 is 0 Å². The molecule has 1 saturated carbocycles. The van der Waals surface area contributed by atoms with Gasteiger partial charge in [-0.2, -0.15) is 0 Å². The Morgan fingerprint density at radius 1 is 1.14 bits per heavy atom. The minimum Gasteiger partial charge on any atom is -0.368 e. The van der Waals surface area contributed by atoms with E-state index in [0.717, 1.165) is 47.4 Å². The van der Waals surface area contributed by atoms with Crippen LogP contribution in [0.1, 0.15) is 64.1 Å². The molecule has 2 N–H and O–H groups in total. The van der Waals surface area contributed by atoms with Crippen molar-refractivity contribution in [1.29, 1.82) is 0 Å². The molecule has 1 aliphatic heterocycles. The lowest BCUT2D eigenvalue weighted by Gasteiger charge is -2.35. The topological polar surface area (TPSA) is 101 Å². The Bertz CT molecular complexity index is 1100. The van der Waals surface area contributed by atoms with Crippen molar-refractivity contribution < 1.29 is 19.1 Å². The predicted octanol–water partition coefficient (Wildman–Crippen LogP) is 3.83. The van der Waals surface area contributed by atoms with E-state index in [2.05, 4.69) is 15.6 Å². The number of nitrogens with zero attached hydrogens (tertiary/aromatic N) is 2. The summed E-state index contributed by atoms with van der Waals surface area (Å²) in [6.45, 7) is 8.60. The van der Waals surface area contributed by atoms with Crippen molar-refractivity contribution in [2.75, 3.05) is 13.2 Å². The zero-order valence-corrected chi connectivity index (χ0v) is 23.0. The van der Waals surface area contributed by atoms with Crippen molar-refractivity contribution in [3.63, 3.8) is 0 Å². The first-order valence-corrected chi connectivity index (χ1v) is 14.0. The molecule has 4 rings (SSSR count). The maximum Gasteiger partial charge on any atom is 0.246 e. The molecule has 1 aliphatic carbocycles. The zero-order valence-electron chi connectivity index (χ0n) is 22.2. The molecular formula is C28H38N4O4S. The Morgan fingerprint density at radius 2 is 1.86 bits per heavy atom. The molecule has 3 amide bonds. The van der Waals surface area contributed by atoms with E-state index < -0.39 is 17.5 Å². The average molecular weight is 527 g/mol. The van der Waals surface area contributed by atoms with E-state index in [1.54, 1.807) is 16.2 Å². The van der Waals surface area contributed by atoms with Crippen molar-refractivity contribution in [1.82, 2.24) is 20.5 Å². The highest BCUT2D eigenvalue weighted by Gasteiger charge is 2.41. The summed E-state index contributed by atoms with van der Waals surface area (Å²) in [6, 6.07) is 6.81. The fourth-order valence-corrected chi connectivity index (χ4v) is 5.52. The average Bonchev–Trinajstić information content (AvgIpc) is 3.48. The van der Waals surface area contributed by atoms with Gasteiger partial charge in [0.25, 0.3) is 0 Å². The molecular weight excluding hydrogens is 488 g/mol. The number of hydrogen-bond acceptors (Lipinski definition) is 6. The molecule has 0 radical (unpaired) electrons. The Morgan fingerprint density at radius 3 is 2.46 bits per heavy atom. The van der Waals surface area contributed by atoms with Crippen LogP contribution in [0.15, 0.2) is 29.8 Å². The van der Waals surface area contributed by atoms with Crippen LogP contribution in [0.5, 0.6) is 0 Å². The van der Waals surface area contributed by atoms with Gasteiger partial charge in [0, 0.05) is 13.1 Å².